The lowest BCUT2D eigenvalue weighted by Crippen LogP contribution is -2.08. The third kappa shape index (κ3) is 2.17. The maximum atomic E-state index is 14.2. The Hall–Kier alpha value is -2.34. The van der Waals surface area contributed by atoms with Crippen LogP contribution in [0.1, 0.15) is 16.1 Å². The van der Waals surface area contributed by atoms with E-state index < -0.39 is 28.2 Å². The van der Waals surface area contributed by atoms with Crippen LogP contribution in [0.3, 0.4) is 0 Å². The number of benzene rings is 1. The first-order chi connectivity index (χ1) is 9.99. The number of anilines is 1. The molecule has 1 aliphatic heterocycles. The summed E-state index contributed by atoms with van der Waals surface area (Å²) >= 11 is 5.71. The van der Waals surface area contributed by atoms with E-state index in [1.54, 1.807) is 18.2 Å². The Bertz CT molecular complexity index is 764. The van der Waals surface area contributed by atoms with Crippen molar-refractivity contribution in [3.05, 3.63) is 40.3 Å². The fourth-order valence-corrected chi connectivity index (χ4v) is 2.41. The Kier molecular flexibility index (Phi) is 3.17. The highest BCUT2D eigenvalue weighted by Crippen LogP contribution is 2.35. The number of aromatic nitrogens is 1. The minimum absolute atomic E-state index is 0.160. The van der Waals surface area contributed by atoms with Crippen molar-refractivity contribution < 1.29 is 19.0 Å². The highest BCUT2D eigenvalue weighted by Gasteiger charge is 2.23. The number of ether oxygens (including phenoxy) is 1. The van der Waals surface area contributed by atoms with E-state index in [2.05, 4.69) is 4.98 Å². The van der Waals surface area contributed by atoms with Gasteiger partial charge in [-0.1, -0.05) is 23.7 Å². The lowest BCUT2D eigenvalue weighted by atomic mass is 10.1. The van der Waals surface area contributed by atoms with Crippen LogP contribution in [-0.4, -0.2) is 22.7 Å². The second-order valence-electron chi connectivity index (χ2n) is 4.58. The molecular formula is C14H10ClFN2O3. The number of carbonyl (C=O) groups is 1. The van der Waals surface area contributed by atoms with Crippen LogP contribution in [0.2, 0.25) is 5.02 Å². The summed E-state index contributed by atoms with van der Waals surface area (Å²) in [4.78, 5) is 14.9. The van der Waals surface area contributed by atoms with Crippen molar-refractivity contribution in [1.29, 1.82) is 0 Å². The Morgan fingerprint density at radius 2 is 2.24 bits per heavy atom. The first-order valence-corrected chi connectivity index (χ1v) is 6.50. The molecule has 1 aromatic carbocycles. The molecule has 0 amide bonds. The highest BCUT2D eigenvalue weighted by atomic mass is 35.5. The Balaban J connectivity index is 2.20. The third-order valence-electron chi connectivity index (χ3n) is 3.28. The van der Waals surface area contributed by atoms with Gasteiger partial charge in [0.2, 0.25) is 0 Å². The van der Waals surface area contributed by atoms with Crippen molar-refractivity contribution in [2.75, 3.05) is 12.3 Å². The van der Waals surface area contributed by atoms with Gasteiger partial charge in [-0.25, -0.2) is 14.2 Å². The average molecular weight is 309 g/mol. The van der Waals surface area contributed by atoms with Crippen molar-refractivity contribution in [1.82, 2.24) is 4.98 Å². The summed E-state index contributed by atoms with van der Waals surface area (Å²) < 4.78 is 19.6. The summed E-state index contributed by atoms with van der Waals surface area (Å²) in [5.74, 6) is -1.58. The maximum absolute atomic E-state index is 14.2. The van der Waals surface area contributed by atoms with Gasteiger partial charge in [-0.05, 0) is 11.6 Å². The van der Waals surface area contributed by atoms with Crippen LogP contribution in [0, 0.1) is 5.82 Å². The van der Waals surface area contributed by atoms with E-state index >= 15 is 0 Å². The molecule has 0 bridgehead atoms. The smallest absolute Gasteiger partial charge is 0.356 e. The lowest BCUT2D eigenvalue weighted by molar-refractivity contribution is 0.0691. The molecule has 0 spiro atoms. The molecule has 0 radical (unpaired) electrons. The third-order valence-corrected chi connectivity index (χ3v) is 3.67. The number of carboxylic acids is 1. The first kappa shape index (κ1) is 13.6. The van der Waals surface area contributed by atoms with Gasteiger partial charge in [-0.15, -0.1) is 0 Å². The number of rotatable bonds is 2. The quantitative estimate of drug-likeness (QED) is 0.891. The number of hydrogen-bond donors (Lipinski definition) is 2. The van der Waals surface area contributed by atoms with Crippen LogP contribution in [0.5, 0.6) is 5.75 Å². The van der Waals surface area contributed by atoms with Crippen molar-refractivity contribution in [3.8, 4) is 17.0 Å². The molecule has 1 aliphatic rings. The predicted molar refractivity (Wildman–Crippen MR) is 75.2 cm³/mol. The van der Waals surface area contributed by atoms with Gasteiger partial charge in [0, 0.05) is 12.0 Å². The van der Waals surface area contributed by atoms with Crippen LogP contribution in [0.4, 0.5) is 10.1 Å². The van der Waals surface area contributed by atoms with Crippen LogP contribution < -0.4 is 10.5 Å². The van der Waals surface area contributed by atoms with E-state index in [9.17, 15) is 9.18 Å². The van der Waals surface area contributed by atoms with Gasteiger partial charge >= 0.3 is 5.97 Å². The molecule has 0 saturated heterocycles. The van der Waals surface area contributed by atoms with Crippen LogP contribution in [-0.2, 0) is 6.42 Å². The summed E-state index contributed by atoms with van der Waals surface area (Å²) in [6.45, 7) is 0.567. The molecule has 21 heavy (non-hydrogen) atoms. The van der Waals surface area contributed by atoms with Crippen molar-refractivity contribution in [2.24, 2.45) is 0 Å². The largest absolute Gasteiger partial charge is 0.493 e. The van der Waals surface area contributed by atoms with E-state index in [0.717, 1.165) is 12.0 Å². The van der Waals surface area contributed by atoms with E-state index in [0.29, 0.717) is 17.9 Å². The SMILES string of the molecule is Nc1c(F)c(-c2ccc3c(c2)OCC3)nc(C(=O)O)c1Cl. The molecule has 0 atom stereocenters. The van der Waals surface area contributed by atoms with Gasteiger partial charge in [-0.2, -0.15) is 0 Å². The second kappa shape index (κ2) is 4.89. The normalized spacial score (nSPS) is 12.9. The molecule has 0 aliphatic carbocycles. The average Bonchev–Trinajstić information content (AvgIpc) is 2.92. The van der Waals surface area contributed by atoms with Gasteiger partial charge in [0.05, 0.1) is 17.3 Å². The molecule has 5 nitrogen and oxygen atoms in total. The number of pyridine rings is 1. The minimum atomic E-state index is -1.37. The first-order valence-electron chi connectivity index (χ1n) is 6.13. The molecule has 0 fully saturated rings. The zero-order chi connectivity index (χ0) is 15.1. The van der Waals surface area contributed by atoms with Crippen LogP contribution >= 0.6 is 11.6 Å². The van der Waals surface area contributed by atoms with Gasteiger partial charge in [0.15, 0.2) is 11.5 Å². The minimum Gasteiger partial charge on any atom is -0.493 e. The molecule has 1 aromatic heterocycles. The summed E-state index contributed by atoms with van der Waals surface area (Å²) in [5, 5.41) is 8.66. The fourth-order valence-electron chi connectivity index (χ4n) is 2.21. The maximum Gasteiger partial charge on any atom is 0.356 e. The molecule has 7 heteroatoms. The van der Waals surface area contributed by atoms with Gasteiger partial charge in [0.1, 0.15) is 11.4 Å². The summed E-state index contributed by atoms with van der Waals surface area (Å²) in [5.41, 5.74) is 5.86. The Labute approximate surface area is 124 Å². The van der Waals surface area contributed by atoms with Gasteiger partial charge in [-0.3, -0.25) is 0 Å². The lowest BCUT2D eigenvalue weighted by Gasteiger charge is -2.10. The number of aromatic carboxylic acids is 1. The predicted octanol–water partition coefficient (Wildman–Crippen LogP) is 2.76. The molecule has 2 heterocycles. The number of nitrogens with zero attached hydrogens (tertiary/aromatic N) is 1. The van der Waals surface area contributed by atoms with Crippen molar-refractivity contribution in [3.63, 3.8) is 0 Å². The monoisotopic (exact) mass is 308 g/mol. The molecule has 0 saturated carbocycles. The summed E-state index contributed by atoms with van der Waals surface area (Å²) in [6.07, 6.45) is 0.786. The van der Waals surface area contributed by atoms with E-state index in [1.807, 2.05) is 0 Å². The number of carboxylic acid groups (broad SMARTS) is 1. The highest BCUT2D eigenvalue weighted by molar-refractivity contribution is 6.35. The Morgan fingerprint density at radius 3 is 2.95 bits per heavy atom. The summed E-state index contributed by atoms with van der Waals surface area (Å²) in [7, 11) is 0. The fraction of sp³-hybridized carbons (Fsp3) is 0.143. The number of nitrogen functional groups attached to an aromatic ring is 1. The van der Waals surface area contributed by atoms with Crippen LogP contribution in [0.25, 0.3) is 11.3 Å². The van der Waals surface area contributed by atoms with Gasteiger partial charge in [0.25, 0.3) is 0 Å². The van der Waals surface area contributed by atoms with E-state index in [-0.39, 0.29) is 5.69 Å². The van der Waals surface area contributed by atoms with Crippen molar-refractivity contribution in [2.45, 2.75) is 6.42 Å². The van der Waals surface area contributed by atoms with Crippen molar-refractivity contribution >= 4 is 23.3 Å². The molecule has 3 N–H and O–H groups in total. The number of fused-ring (bicyclic) bond motifs is 1. The molecule has 0 unspecified atom stereocenters. The van der Waals surface area contributed by atoms with Gasteiger partial charge < -0.3 is 15.6 Å². The molecular weight excluding hydrogens is 299 g/mol. The molecule has 108 valence electrons. The zero-order valence-electron chi connectivity index (χ0n) is 10.7. The zero-order valence-corrected chi connectivity index (χ0v) is 11.4. The topological polar surface area (TPSA) is 85.4 Å². The van der Waals surface area contributed by atoms with E-state index in [4.69, 9.17) is 27.2 Å². The number of nitrogens with two attached hydrogens (primary N) is 1. The van der Waals surface area contributed by atoms with E-state index in [1.165, 1.54) is 0 Å². The number of hydrogen-bond acceptors (Lipinski definition) is 4. The molecule has 3 rings (SSSR count). The summed E-state index contributed by atoms with van der Waals surface area (Å²) in [6, 6.07) is 5.06. The standard InChI is InChI=1S/C14H10ClFN2O3/c15-9-11(17)10(16)12(18-13(9)14(19)20)7-2-1-6-3-4-21-8(6)5-7/h1-2,5H,3-4H2,(H2,17,18)(H,19,20). The molecule has 2 aromatic rings. The second-order valence-corrected chi connectivity index (χ2v) is 4.95. The van der Waals surface area contributed by atoms with Crippen LogP contribution in [0.15, 0.2) is 18.2 Å². The Morgan fingerprint density at radius 1 is 1.48 bits per heavy atom. The number of halogens is 2.